The first-order valence-electron chi connectivity index (χ1n) is 6.90. The largest absolute Gasteiger partial charge is 0.489 e. The number of rotatable bonds is 6. The molecule has 118 valence electrons. The van der Waals surface area contributed by atoms with Crippen LogP contribution in [0.25, 0.3) is 0 Å². The van der Waals surface area contributed by atoms with Crippen LogP contribution in [-0.2, 0) is 12.7 Å². The van der Waals surface area contributed by atoms with Gasteiger partial charge in [-0.25, -0.2) is 0 Å². The van der Waals surface area contributed by atoms with Crippen molar-refractivity contribution in [1.29, 1.82) is 0 Å². The molecule has 0 amide bonds. The van der Waals surface area contributed by atoms with Crippen molar-refractivity contribution in [2.45, 2.75) is 46.5 Å². The van der Waals surface area contributed by atoms with E-state index >= 15 is 0 Å². The summed E-state index contributed by atoms with van der Waals surface area (Å²) in [5, 5.41) is 3.10. The Balaban J connectivity index is 2.94. The maximum Gasteiger partial charge on any atom is 0.419 e. The van der Waals surface area contributed by atoms with Crippen molar-refractivity contribution in [3.05, 3.63) is 41.0 Å². The number of benzene rings is 1. The molecule has 21 heavy (non-hydrogen) atoms. The van der Waals surface area contributed by atoms with Crippen LogP contribution in [0.1, 0.15) is 38.8 Å². The highest BCUT2D eigenvalue weighted by atomic mass is 19.4. The summed E-state index contributed by atoms with van der Waals surface area (Å²) in [6.45, 7) is 8.16. The van der Waals surface area contributed by atoms with Gasteiger partial charge in [0.1, 0.15) is 12.4 Å². The molecule has 0 radical (unpaired) electrons. The lowest BCUT2D eigenvalue weighted by atomic mass is 10.1. The zero-order chi connectivity index (χ0) is 16.0. The van der Waals surface area contributed by atoms with Gasteiger partial charge in [-0.15, -0.1) is 0 Å². The van der Waals surface area contributed by atoms with Crippen LogP contribution in [-0.4, -0.2) is 12.6 Å². The second kappa shape index (κ2) is 7.50. The average molecular weight is 301 g/mol. The fourth-order valence-electron chi connectivity index (χ4n) is 1.65. The van der Waals surface area contributed by atoms with Crippen LogP contribution in [0, 0.1) is 0 Å². The summed E-state index contributed by atoms with van der Waals surface area (Å²) in [6.07, 6.45) is -2.68. The smallest absolute Gasteiger partial charge is 0.419 e. The molecule has 0 saturated heterocycles. The molecule has 1 aromatic rings. The Morgan fingerprint density at radius 2 is 1.95 bits per heavy atom. The standard InChI is InChI=1S/C16H22F3NO/c1-11(2)7-8-21-15-6-5-13(10-20-12(3)4)9-14(15)16(17,18)19/h5-7,9,12,20H,8,10H2,1-4H3. The summed E-state index contributed by atoms with van der Waals surface area (Å²) >= 11 is 0. The molecule has 1 aromatic carbocycles. The third kappa shape index (κ3) is 6.21. The van der Waals surface area contributed by atoms with Gasteiger partial charge in [-0.1, -0.05) is 25.5 Å². The molecule has 0 unspecified atom stereocenters. The van der Waals surface area contributed by atoms with Crippen LogP contribution >= 0.6 is 0 Å². The van der Waals surface area contributed by atoms with Crippen LogP contribution in [0.15, 0.2) is 29.8 Å². The lowest BCUT2D eigenvalue weighted by molar-refractivity contribution is -0.138. The van der Waals surface area contributed by atoms with Gasteiger partial charge in [-0.2, -0.15) is 13.2 Å². The molecule has 0 aliphatic carbocycles. The maximum atomic E-state index is 13.1. The predicted molar refractivity (Wildman–Crippen MR) is 78.3 cm³/mol. The van der Waals surface area contributed by atoms with Crippen LogP contribution in [0.5, 0.6) is 5.75 Å². The Labute approximate surface area is 124 Å². The van der Waals surface area contributed by atoms with Crippen molar-refractivity contribution < 1.29 is 17.9 Å². The van der Waals surface area contributed by atoms with Gasteiger partial charge in [0, 0.05) is 12.6 Å². The lowest BCUT2D eigenvalue weighted by Crippen LogP contribution is -2.22. The van der Waals surface area contributed by atoms with E-state index in [1.807, 2.05) is 27.7 Å². The molecule has 0 atom stereocenters. The minimum absolute atomic E-state index is 0.131. The maximum absolute atomic E-state index is 13.1. The predicted octanol–water partition coefficient (Wildman–Crippen LogP) is 4.55. The SMILES string of the molecule is CC(C)=CCOc1ccc(CNC(C)C)cc1C(F)(F)F. The summed E-state index contributed by atoms with van der Waals surface area (Å²) in [5.41, 5.74) is 0.861. The number of alkyl halides is 3. The molecule has 5 heteroatoms. The van der Waals surface area contributed by atoms with Gasteiger partial charge in [0.25, 0.3) is 0 Å². The number of halogens is 3. The quantitative estimate of drug-likeness (QED) is 0.778. The number of allylic oxidation sites excluding steroid dienone is 1. The monoisotopic (exact) mass is 301 g/mol. The minimum atomic E-state index is -4.42. The molecule has 0 bridgehead atoms. The number of ether oxygens (including phenoxy) is 1. The Hall–Kier alpha value is -1.49. The lowest BCUT2D eigenvalue weighted by Gasteiger charge is -2.15. The van der Waals surface area contributed by atoms with E-state index in [4.69, 9.17) is 4.74 Å². The third-order valence-corrected chi connectivity index (χ3v) is 2.79. The number of nitrogens with one attached hydrogen (secondary N) is 1. The van der Waals surface area contributed by atoms with Gasteiger partial charge in [-0.3, -0.25) is 0 Å². The van der Waals surface area contributed by atoms with Crippen LogP contribution in [0.3, 0.4) is 0 Å². The first-order valence-corrected chi connectivity index (χ1v) is 6.90. The second-order valence-corrected chi connectivity index (χ2v) is 5.46. The first kappa shape index (κ1) is 17.6. The van der Waals surface area contributed by atoms with E-state index in [1.54, 1.807) is 12.1 Å². The summed E-state index contributed by atoms with van der Waals surface area (Å²) in [5.74, 6) is -0.131. The molecule has 1 rings (SSSR count). The van der Waals surface area contributed by atoms with Gasteiger partial charge in [0.15, 0.2) is 0 Å². The van der Waals surface area contributed by atoms with E-state index in [2.05, 4.69) is 5.32 Å². The van der Waals surface area contributed by atoms with E-state index in [9.17, 15) is 13.2 Å². The average Bonchev–Trinajstić information content (AvgIpc) is 2.35. The zero-order valence-electron chi connectivity index (χ0n) is 12.8. The second-order valence-electron chi connectivity index (χ2n) is 5.46. The molecular weight excluding hydrogens is 279 g/mol. The highest BCUT2D eigenvalue weighted by Gasteiger charge is 2.34. The van der Waals surface area contributed by atoms with E-state index in [1.165, 1.54) is 6.07 Å². The van der Waals surface area contributed by atoms with Crippen molar-refractivity contribution in [1.82, 2.24) is 5.32 Å². The summed E-state index contributed by atoms with van der Waals surface area (Å²) in [6, 6.07) is 4.40. The first-order chi connectivity index (χ1) is 9.70. The summed E-state index contributed by atoms with van der Waals surface area (Å²) < 4.78 is 44.5. The normalized spacial score (nSPS) is 11.6. The van der Waals surface area contributed by atoms with Crippen molar-refractivity contribution in [2.75, 3.05) is 6.61 Å². The highest BCUT2D eigenvalue weighted by molar-refractivity contribution is 5.39. The van der Waals surface area contributed by atoms with E-state index in [-0.39, 0.29) is 18.4 Å². The minimum Gasteiger partial charge on any atom is -0.489 e. The molecule has 1 N–H and O–H groups in total. The Morgan fingerprint density at radius 1 is 1.29 bits per heavy atom. The van der Waals surface area contributed by atoms with E-state index < -0.39 is 11.7 Å². The van der Waals surface area contributed by atoms with E-state index in [0.29, 0.717) is 12.1 Å². The van der Waals surface area contributed by atoms with Gasteiger partial charge >= 0.3 is 6.18 Å². The van der Waals surface area contributed by atoms with Gasteiger partial charge < -0.3 is 10.1 Å². The topological polar surface area (TPSA) is 21.3 Å². The molecule has 0 spiro atoms. The third-order valence-electron chi connectivity index (χ3n) is 2.79. The molecule has 0 aromatic heterocycles. The Bertz CT molecular complexity index is 489. The summed E-state index contributed by atoms with van der Waals surface area (Å²) in [7, 11) is 0. The van der Waals surface area contributed by atoms with Crippen LogP contribution in [0.2, 0.25) is 0 Å². The molecular formula is C16H22F3NO. The molecule has 0 heterocycles. The fraction of sp³-hybridized carbons (Fsp3) is 0.500. The molecule has 2 nitrogen and oxygen atoms in total. The number of hydrogen-bond acceptors (Lipinski definition) is 2. The van der Waals surface area contributed by atoms with E-state index in [0.717, 1.165) is 11.6 Å². The Kier molecular flexibility index (Phi) is 6.27. The van der Waals surface area contributed by atoms with Gasteiger partial charge in [0.2, 0.25) is 0 Å². The van der Waals surface area contributed by atoms with Gasteiger partial charge in [0.05, 0.1) is 5.56 Å². The number of hydrogen-bond donors (Lipinski definition) is 1. The van der Waals surface area contributed by atoms with Crippen molar-refractivity contribution in [3.63, 3.8) is 0 Å². The zero-order valence-corrected chi connectivity index (χ0v) is 12.8. The molecule has 0 fully saturated rings. The van der Waals surface area contributed by atoms with Crippen molar-refractivity contribution >= 4 is 0 Å². The fourth-order valence-corrected chi connectivity index (χ4v) is 1.65. The van der Waals surface area contributed by atoms with Crippen molar-refractivity contribution in [2.24, 2.45) is 0 Å². The van der Waals surface area contributed by atoms with Crippen LogP contribution < -0.4 is 10.1 Å². The highest BCUT2D eigenvalue weighted by Crippen LogP contribution is 2.36. The Morgan fingerprint density at radius 3 is 2.48 bits per heavy atom. The molecule has 0 aliphatic rings. The molecule has 0 saturated carbocycles. The summed E-state index contributed by atoms with van der Waals surface area (Å²) in [4.78, 5) is 0. The van der Waals surface area contributed by atoms with Crippen molar-refractivity contribution in [3.8, 4) is 5.75 Å². The molecule has 0 aliphatic heterocycles. The van der Waals surface area contributed by atoms with Gasteiger partial charge in [-0.05, 0) is 37.6 Å². The van der Waals surface area contributed by atoms with Crippen LogP contribution in [0.4, 0.5) is 13.2 Å².